The van der Waals surface area contributed by atoms with Crippen molar-refractivity contribution in [2.24, 2.45) is 5.92 Å². The molecule has 2 rings (SSSR count). The van der Waals surface area contributed by atoms with Crippen molar-refractivity contribution in [3.8, 4) is 0 Å². The summed E-state index contributed by atoms with van der Waals surface area (Å²) in [5.74, 6) is -1.42. The lowest BCUT2D eigenvalue weighted by Crippen LogP contribution is -2.39. The van der Waals surface area contributed by atoms with Crippen molar-refractivity contribution < 1.29 is 14.7 Å². The molecular weight excluding hydrogens is 289 g/mol. The van der Waals surface area contributed by atoms with Crippen LogP contribution in [0, 0.1) is 5.92 Å². The van der Waals surface area contributed by atoms with Gasteiger partial charge in [0.05, 0.1) is 0 Å². The van der Waals surface area contributed by atoms with E-state index in [0.717, 1.165) is 5.56 Å². The van der Waals surface area contributed by atoms with Crippen LogP contribution < -0.4 is 5.32 Å². The Kier molecular flexibility index (Phi) is 4.02. The fourth-order valence-electron chi connectivity index (χ4n) is 2.02. The van der Waals surface area contributed by atoms with Crippen LogP contribution in [-0.4, -0.2) is 23.0 Å². The van der Waals surface area contributed by atoms with Gasteiger partial charge in [0.1, 0.15) is 6.04 Å². The number of carboxylic acid groups (broad SMARTS) is 1. The monoisotopic (exact) mass is 301 g/mol. The fraction of sp³-hybridized carbons (Fsp3) is 0.385. The summed E-state index contributed by atoms with van der Waals surface area (Å²) in [6.07, 6.45) is 0.689. The first-order chi connectivity index (χ1) is 8.88. The highest BCUT2D eigenvalue weighted by molar-refractivity contribution is 6.34. The highest BCUT2D eigenvalue weighted by Gasteiger charge is 2.44. The standard InChI is InChI=1S/C13H13Cl2NO3/c1-6(13(18)19)16-12(17)11-5-10(11)7-2-8(14)4-9(15)3-7/h2-4,6,10-11H,5H2,1H3,(H,16,17)(H,18,19)/t6-,10?,11?/m1/s1. The molecule has 102 valence electrons. The maximum Gasteiger partial charge on any atom is 0.325 e. The van der Waals surface area contributed by atoms with Crippen molar-refractivity contribution in [3.63, 3.8) is 0 Å². The maximum absolute atomic E-state index is 11.8. The number of carbonyl (C=O) groups is 2. The first-order valence-corrected chi connectivity index (χ1v) is 6.63. The van der Waals surface area contributed by atoms with Gasteiger partial charge >= 0.3 is 5.97 Å². The smallest absolute Gasteiger partial charge is 0.325 e. The Bertz CT molecular complexity index is 512. The lowest BCUT2D eigenvalue weighted by Gasteiger charge is -2.09. The number of nitrogens with one attached hydrogen (secondary N) is 1. The van der Waals surface area contributed by atoms with Crippen molar-refractivity contribution in [1.82, 2.24) is 5.32 Å². The summed E-state index contributed by atoms with van der Waals surface area (Å²) in [5.41, 5.74) is 0.917. The number of rotatable bonds is 4. The van der Waals surface area contributed by atoms with Crippen LogP contribution in [0.25, 0.3) is 0 Å². The second-order valence-electron chi connectivity index (χ2n) is 4.72. The molecule has 1 aliphatic carbocycles. The van der Waals surface area contributed by atoms with Crippen LogP contribution in [0.2, 0.25) is 10.0 Å². The van der Waals surface area contributed by atoms with Crippen LogP contribution in [0.1, 0.15) is 24.8 Å². The Labute approximate surface area is 120 Å². The van der Waals surface area contributed by atoms with E-state index in [-0.39, 0.29) is 17.7 Å². The van der Waals surface area contributed by atoms with Crippen LogP contribution in [0.4, 0.5) is 0 Å². The zero-order valence-electron chi connectivity index (χ0n) is 10.2. The summed E-state index contributed by atoms with van der Waals surface area (Å²) in [4.78, 5) is 22.5. The Morgan fingerprint density at radius 2 is 1.89 bits per heavy atom. The predicted octanol–water partition coefficient (Wildman–Crippen LogP) is 2.69. The zero-order valence-corrected chi connectivity index (χ0v) is 11.7. The average molecular weight is 302 g/mol. The highest BCUT2D eigenvalue weighted by atomic mass is 35.5. The Hall–Kier alpha value is -1.26. The van der Waals surface area contributed by atoms with E-state index < -0.39 is 12.0 Å². The van der Waals surface area contributed by atoms with Gasteiger partial charge < -0.3 is 10.4 Å². The highest BCUT2D eigenvalue weighted by Crippen LogP contribution is 2.48. The quantitative estimate of drug-likeness (QED) is 0.898. The summed E-state index contributed by atoms with van der Waals surface area (Å²) in [6.45, 7) is 1.44. The molecule has 19 heavy (non-hydrogen) atoms. The van der Waals surface area contributed by atoms with E-state index in [1.165, 1.54) is 6.92 Å². The number of carbonyl (C=O) groups excluding carboxylic acids is 1. The zero-order chi connectivity index (χ0) is 14.2. The Balaban J connectivity index is 2.00. The van der Waals surface area contributed by atoms with E-state index in [4.69, 9.17) is 28.3 Å². The molecular formula is C13H13Cl2NO3. The lowest BCUT2D eigenvalue weighted by molar-refractivity contribution is -0.141. The number of aliphatic carboxylic acids is 1. The van der Waals surface area contributed by atoms with Crippen LogP contribution >= 0.6 is 23.2 Å². The molecule has 6 heteroatoms. The van der Waals surface area contributed by atoms with Gasteiger partial charge in [0.2, 0.25) is 5.91 Å². The van der Waals surface area contributed by atoms with Crippen LogP contribution in [0.3, 0.4) is 0 Å². The minimum absolute atomic E-state index is 0.0668. The molecule has 0 radical (unpaired) electrons. The van der Waals surface area contributed by atoms with Crippen LogP contribution in [0.5, 0.6) is 0 Å². The van der Waals surface area contributed by atoms with E-state index in [0.29, 0.717) is 16.5 Å². The molecule has 2 unspecified atom stereocenters. The van der Waals surface area contributed by atoms with E-state index >= 15 is 0 Å². The number of benzene rings is 1. The topological polar surface area (TPSA) is 66.4 Å². The van der Waals surface area contributed by atoms with E-state index in [9.17, 15) is 9.59 Å². The maximum atomic E-state index is 11.8. The molecule has 3 atom stereocenters. The molecule has 1 fully saturated rings. The lowest BCUT2D eigenvalue weighted by atomic mass is 10.1. The van der Waals surface area contributed by atoms with Crippen molar-refractivity contribution in [1.29, 1.82) is 0 Å². The minimum Gasteiger partial charge on any atom is -0.480 e. The fourth-order valence-corrected chi connectivity index (χ4v) is 2.57. The Morgan fingerprint density at radius 1 is 1.32 bits per heavy atom. The number of hydrogen-bond acceptors (Lipinski definition) is 2. The third kappa shape index (κ3) is 3.39. The summed E-state index contributed by atoms with van der Waals surface area (Å²) in [5, 5.41) is 12.3. The molecule has 0 heterocycles. The number of halogens is 2. The van der Waals surface area contributed by atoms with Gasteiger partial charge in [-0.3, -0.25) is 9.59 Å². The number of hydrogen-bond donors (Lipinski definition) is 2. The second kappa shape index (κ2) is 5.39. The first-order valence-electron chi connectivity index (χ1n) is 5.87. The van der Waals surface area contributed by atoms with Gasteiger partial charge in [-0.25, -0.2) is 0 Å². The third-order valence-corrected chi connectivity index (χ3v) is 3.61. The summed E-state index contributed by atoms with van der Waals surface area (Å²) < 4.78 is 0. The molecule has 0 spiro atoms. The van der Waals surface area contributed by atoms with Gasteiger partial charge in [-0.15, -0.1) is 0 Å². The van der Waals surface area contributed by atoms with Crippen molar-refractivity contribution in [3.05, 3.63) is 33.8 Å². The third-order valence-electron chi connectivity index (χ3n) is 3.17. The minimum atomic E-state index is -1.05. The molecule has 2 N–H and O–H groups in total. The van der Waals surface area contributed by atoms with Crippen molar-refractivity contribution in [2.45, 2.75) is 25.3 Å². The summed E-state index contributed by atoms with van der Waals surface area (Å²) in [6, 6.07) is 4.32. The van der Waals surface area contributed by atoms with Gasteiger partial charge in [0.25, 0.3) is 0 Å². The second-order valence-corrected chi connectivity index (χ2v) is 5.59. The SMILES string of the molecule is C[C@@H](NC(=O)C1CC1c1cc(Cl)cc(Cl)c1)C(=O)O. The molecule has 1 aliphatic rings. The normalized spacial score (nSPS) is 22.7. The predicted molar refractivity (Wildman–Crippen MR) is 72.6 cm³/mol. The molecule has 1 saturated carbocycles. The van der Waals surface area contributed by atoms with Crippen LogP contribution in [0.15, 0.2) is 18.2 Å². The molecule has 0 aliphatic heterocycles. The largest absolute Gasteiger partial charge is 0.480 e. The number of carboxylic acids is 1. The molecule has 1 aromatic carbocycles. The summed E-state index contributed by atoms with van der Waals surface area (Å²) >= 11 is 11.8. The van der Waals surface area contributed by atoms with Gasteiger partial charge in [0, 0.05) is 16.0 Å². The van der Waals surface area contributed by atoms with Gasteiger partial charge in [0.15, 0.2) is 0 Å². The molecule has 0 aromatic heterocycles. The van der Waals surface area contributed by atoms with E-state index in [1.54, 1.807) is 18.2 Å². The van der Waals surface area contributed by atoms with Crippen molar-refractivity contribution in [2.75, 3.05) is 0 Å². The molecule has 0 bridgehead atoms. The van der Waals surface area contributed by atoms with Gasteiger partial charge in [-0.1, -0.05) is 23.2 Å². The van der Waals surface area contributed by atoms with Gasteiger partial charge in [-0.2, -0.15) is 0 Å². The molecule has 4 nitrogen and oxygen atoms in total. The average Bonchev–Trinajstić information content (AvgIpc) is 3.07. The summed E-state index contributed by atoms with van der Waals surface area (Å²) in [7, 11) is 0. The number of amides is 1. The van der Waals surface area contributed by atoms with Crippen molar-refractivity contribution >= 4 is 35.1 Å². The van der Waals surface area contributed by atoms with E-state index in [1.807, 2.05) is 0 Å². The molecule has 1 amide bonds. The first kappa shape index (κ1) is 14.2. The van der Waals surface area contributed by atoms with Crippen LogP contribution in [-0.2, 0) is 9.59 Å². The molecule has 1 aromatic rings. The van der Waals surface area contributed by atoms with E-state index in [2.05, 4.69) is 5.32 Å². The van der Waals surface area contributed by atoms with Gasteiger partial charge in [-0.05, 0) is 43.0 Å². The Morgan fingerprint density at radius 3 is 2.42 bits per heavy atom. The molecule has 0 saturated heterocycles.